The van der Waals surface area contributed by atoms with Crippen molar-refractivity contribution in [2.24, 2.45) is 0 Å². The predicted molar refractivity (Wildman–Crippen MR) is 137 cm³/mol. The lowest BCUT2D eigenvalue weighted by atomic mass is 10.1. The van der Waals surface area contributed by atoms with Gasteiger partial charge in [0.1, 0.15) is 17.1 Å². The van der Waals surface area contributed by atoms with E-state index in [0.717, 1.165) is 11.3 Å². The van der Waals surface area contributed by atoms with E-state index in [1.165, 1.54) is 18.4 Å². The van der Waals surface area contributed by atoms with Gasteiger partial charge in [-0.15, -0.1) is 11.3 Å². The molecular formula is C26H21N5O4S. The molecule has 0 atom stereocenters. The van der Waals surface area contributed by atoms with Crippen LogP contribution < -0.4 is 10.1 Å². The maximum absolute atomic E-state index is 13.4. The quantitative estimate of drug-likeness (QED) is 0.304. The Morgan fingerprint density at radius 3 is 2.64 bits per heavy atom. The van der Waals surface area contributed by atoms with Gasteiger partial charge in [0.05, 0.1) is 31.2 Å². The Labute approximate surface area is 210 Å². The van der Waals surface area contributed by atoms with Gasteiger partial charge in [-0.1, -0.05) is 30.3 Å². The molecule has 0 saturated carbocycles. The second-order valence-electron chi connectivity index (χ2n) is 7.69. The monoisotopic (exact) mass is 499 g/mol. The summed E-state index contributed by atoms with van der Waals surface area (Å²) in [5.74, 6) is -0.152. The molecule has 0 bridgehead atoms. The van der Waals surface area contributed by atoms with Gasteiger partial charge in [-0.2, -0.15) is 5.10 Å². The van der Waals surface area contributed by atoms with E-state index in [2.05, 4.69) is 15.3 Å². The number of hydrogen-bond acceptors (Lipinski definition) is 7. The van der Waals surface area contributed by atoms with E-state index in [1.807, 2.05) is 54.6 Å². The zero-order chi connectivity index (χ0) is 25.1. The summed E-state index contributed by atoms with van der Waals surface area (Å²) < 4.78 is 11.8. The first kappa shape index (κ1) is 23.1. The molecule has 1 amide bonds. The molecule has 0 aliphatic heterocycles. The highest BCUT2D eigenvalue weighted by atomic mass is 32.1. The fourth-order valence-corrected chi connectivity index (χ4v) is 4.35. The van der Waals surface area contributed by atoms with Crippen molar-refractivity contribution in [1.82, 2.24) is 19.7 Å². The van der Waals surface area contributed by atoms with Gasteiger partial charge in [0.2, 0.25) is 0 Å². The first-order valence-electron chi connectivity index (χ1n) is 10.9. The maximum atomic E-state index is 13.4. The third-order valence-electron chi connectivity index (χ3n) is 5.43. The summed E-state index contributed by atoms with van der Waals surface area (Å²) in [5.41, 5.74) is 4.12. The molecule has 0 spiro atoms. The molecule has 3 heterocycles. The molecule has 2 aromatic carbocycles. The number of aromatic amines is 1. The fourth-order valence-electron chi connectivity index (χ4n) is 3.63. The molecule has 36 heavy (non-hydrogen) atoms. The van der Waals surface area contributed by atoms with Gasteiger partial charge in [0.25, 0.3) is 5.91 Å². The first-order chi connectivity index (χ1) is 17.6. The molecule has 0 saturated heterocycles. The number of hydrogen-bond donors (Lipinski definition) is 2. The molecule has 0 radical (unpaired) electrons. The third-order valence-corrected chi connectivity index (χ3v) is 6.19. The number of nitrogens with one attached hydrogen (secondary N) is 2. The number of carbonyl (C=O) groups excluding carboxylic acids is 2. The number of ether oxygens (including phenoxy) is 2. The van der Waals surface area contributed by atoms with Gasteiger partial charge < -0.3 is 14.5 Å². The lowest BCUT2D eigenvalue weighted by molar-refractivity contribution is 0.0594. The lowest BCUT2D eigenvalue weighted by Gasteiger charge is -2.05. The number of esters is 1. The molecule has 0 aliphatic carbocycles. The van der Waals surface area contributed by atoms with Crippen LogP contribution in [0.1, 0.15) is 20.8 Å². The minimum Gasteiger partial charge on any atom is -0.497 e. The molecule has 3 aromatic heterocycles. The summed E-state index contributed by atoms with van der Waals surface area (Å²) >= 11 is 1.28. The molecule has 0 fully saturated rings. The van der Waals surface area contributed by atoms with Crippen LogP contribution in [0.2, 0.25) is 0 Å². The van der Waals surface area contributed by atoms with Crippen LogP contribution in [0.4, 0.5) is 5.13 Å². The average molecular weight is 500 g/mol. The topological polar surface area (TPSA) is 111 Å². The van der Waals surface area contributed by atoms with Crippen LogP contribution in [-0.4, -0.2) is 45.8 Å². The van der Waals surface area contributed by atoms with Crippen molar-refractivity contribution in [3.63, 3.8) is 0 Å². The number of H-pyrrole nitrogens is 1. The van der Waals surface area contributed by atoms with Crippen molar-refractivity contribution < 1.29 is 19.1 Å². The Hall–Kier alpha value is -4.70. The zero-order valence-corrected chi connectivity index (χ0v) is 20.2. The second kappa shape index (κ2) is 9.88. The van der Waals surface area contributed by atoms with E-state index in [4.69, 9.17) is 14.6 Å². The lowest BCUT2D eigenvalue weighted by Crippen LogP contribution is -2.12. The van der Waals surface area contributed by atoms with E-state index in [0.29, 0.717) is 39.1 Å². The van der Waals surface area contributed by atoms with Gasteiger partial charge in [0, 0.05) is 28.9 Å². The van der Waals surface area contributed by atoms with Gasteiger partial charge in [0.15, 0.2) is 5.13 Å². The first-order valence-corrected chi connectivity index (χ1v) is 11.8. The summed E-state index contributed by atoms with van der Waals surface area (Å²) in [7, 11) is 2.91. The van der Waals surface area contributed by atoms with Crippen molar-refractivity contribution in [2.75, 3.05) is 19.5 Å². The molecule has 9 nitrogen and oxygen atoms in total. The highest BCUT2D eigenvalue weighted by molar-refractivity contribution is 7.14. The van der Waals surface area contributed by atoms with Gasteiger partial charge in [-0.05, 0) is 30.3 Å². The number of benzene rings is 2. The number of rotatable bonds is 7. The van der Waals surface area contributed by atoms with Crippen molar-refractivity contribution in [3.8, 4) is 34.0 Å². The van der Waals surface area contributed by atoms with Gasteiger partial charge in [-0.3, -0.25) is 10.1 Å². The number of carbonyl (C=O) groups is 2. The summed E-state index contributed by atoms with van der Waals surface area (Å²) in [6, 6.07) is 18.6. The molecule has 2 N–H and O–H groups in total. The second-order valence-corrected chi connectivity index (χ2v) is 8.55. The van der Waals surface area contributed by atoms with Crippen LogP contribution in [0.3, 0.4) is 0 Å². The number of aromatic nitrogens is 4. The summed E-state index contributed by atoms with van der Waals surface area (Å²) in [6.45, 7) is 0. The van der Waals surface area contributed by atoms with Crippen LogP contribution in [0.5, 0.6) is 5.75 Å². The highest BCUT2D eigenvalue weighted by Gasteiger charge is 2.21. The standard InChI is InChI=1S/C26H21N5O4S/c1-34-19-10-6-7-16(11-19)23-20(14-31(30-23)18-8-4-3-5-9-18)24(32)29-26-28-22(15-36-26)17-12-21(27-13-17)25(33)35-2/h3-15,27H,1-2H3,(H,28,29,32). The number of methoxy groups -OCH3 is 2. The van der Waals surface area contributed by atoms with E-state index >= 15 is 0 Å². The SMILES string of the molecule is COC(=O)c1cc(-c2csc(NC(=O)c3cn(-c4ccccc4)nc3-c3cccc(OC)c3)n2)c[nH]1. The van der Waals surface area contributed by atoms with Crippen LogP contribution in [-0.2, 0) is 4.74 Å². The van der Waals surface area contributed by atoms with E-state index in [-0.39, 0.29) is 5.91 Å². The minimum atomic E-state index is -0.467. The van der Waals surface area contributed by atoms with Gasteiger partial charge >= 0.3 is 5.97 Å². The van der Waals surface area contributed by atoms with Crippen molar-refractivity contribution in [1.29, 1.82) is 0 Å². The normalized spacial score (nSPS) is 10.7. The predicted octanol–water partition coefficient (Wildman–Crippen LogP) is 5.04. The summed E-state index contributed by atoms with van der Waals surface area (Å²) in [5, 5.41) is 9.80. The zero-order valence-electron chi connectivity index (χ0n) is 19.4. The van der Waals surface area contributed by atoms with Crippen LogP contribution in [0, 0.1) is 0 Å². The number of anilines is 1. The maximum Gasteiger partial charge on any atom is 0.354 e. The molecule has 10 heteroatoms. The highest BCUT2D eigenvalue weighted by Crippen LogP contribution is 2.29. The minimum absolute atomic E-state index is 0.322. The Morgan fingerprint density at radius 2 is 1.86 bits per heavy atom. The van der Waals surface area contributed by atoms with Crippen LogP contribution >= 0.6 is 11.3 Å². The van der Waals surface area contributed by atoms with Crippen LogP contribution in [0.15, 0.2) is 78.4 Å². The largest absolute Gasteiger partial charge is 0.497 e. The molecule has 5 rings (SSSR count). The van der Waals surface area contributed by atoms with E-state index in [1.54, 1.807) is 35.6 Å². The number of nitrogens with zero attached hydrogens (tertiary/aromatic N) is 3. The Kier molecular flexibility index (Phi) is 6.33. The van der Waals surface area contributed by atoms with Crippen molar-refractivity contribution in [2.45, 2.75) is 0 Å². The molecule has 0 unspecified atom stereocenters. The number of para-hydroxylation sites is 1. The van der Waals surface area contributed by atoms with E-state index < -0.39 is 5.97 Å². The number of thiazole rings is 1. The fraction of sp³-hybridized carbons (Fsp3) is 0.0769. The third kappa shape index (κ3) is 4.62. The molecule has 0 aliphatic rings. The molecule has 5 aromatic rings. The average Bonchev–Trinajstić information content (AvgIpc) is 3.68. The Morgan fingerprint density at radius 1 is 1.03 bits per heavy atom. The Balaban J connectivity index is 1.45. The van der Waals surface area contributed by atoms with Gasteiger partial charge in [-0.25, -0.2) is 14.5 Å². The summed E-state index contributed by atoms with van der Waals surface area (Å²) in [4.78, 5) is 32.5. The van der Waals surface area contributed by atoms with E-state index in [9.17, 15) is 9.59 Å². The molecular weight excluding hydrogens is 478 g/mol. The van der Waals surface area contributed by atoms with Crippen LogP contribution in [0.25, 0.3) is 28.2 Å². The Bertz CT molecular complexity index is 1540. The molecule has 180 valence electrons. The van der Waals surface area contributed by atoms with Crippen molar-refractivity contribution >= 4 is 28.3 Å². The summed E-state index contributed by atoms with van der Waals surface area (Å²) in [6.07, 6.45) is 3.36. The smallest absolute Gasteiger partial charge is 0.354 e. The number of amides is 1. The van der Waals surface area contributed by atoms with Crippen molar-refractivity contribution in [3.05, 3.63) is 89.7 Å².